The van der Waals surface area contributed by atoms with E-state index >= 15 is 0 Å². The zero-order valence-corrected chi connectivity index (χ0v) is 12.8. The summed E-state index contributed by atoms with van der Waals surface area (Å²) in [5.74, 6) is 3.49. The van der Waals surface area contributed by atoms with E-state index in [9.17, 15) is 0 Å². The van der Waals surface area contributed by atoms with Gasteiger partial charge in [-0.3, -0.25) is 0 Å². The van der Waals surface area contributed by atoms with E-state index in [4.69, 9.17) is 0 Å². The van der Waals surface area contributed by atoms with Gasteiger partial charge in [0.05, 0.1) is 0 Å². The Morgan fingerprint density at radius 3 is 1.21 bits per heavy atom. The van der Waals surface area contributed by atoms with E-state index in [0.29, 0.717) is 0 Å². The number of rotatable bonds is 0. The largest absolute Gasteiger partial charge is 1.00 e. The van der Waals surface area contributed by atoms with Crippen molar-refractivity contribution in [3.63, 3.8) is 0 Å². The van der Waals surface area contributed by atoms with Crippen LogP contribution in [0, 0.1) is 0 Å². The number of hydrogen-bond donors (Lipinski definition) is 0. The van der Waals surface area contributed by atoms with Crippen molar-refractivity contribution >= 4 is 6.71 Å². The van der Waals surface area contributed by atoms with Crippen molar-refractivity contribution in [2.24, 2.45) is 0 Å². The summed E-state index contributed by atoms with van der Waals surface area (Å²) < 4.78 is 0. The van der Waals surface area contributed by atoms with Gasteiger partial charge in [-0.2, -0.15) is 0 Å². The molecule has 0 spiro atoms. The molecule has 0 aromatic rings. The zero-order valence-electron chi connectivity index (χ0n) is 10.7. The molecular weight excluding hydrogens is 194 g/mol. The first-order chi connectivity index (χ1) is 6.45. The molecule has 0 N–H and O–H groups in total. The van der Waals surface area contributed by atoms with E-state index in [0.717, 1.165) is 17.5 Å². The Morgan fingerprint density at radius 1 is 0.643 bits per heavy atom. The van der Waals surface area contributed by atoms with Crippen LogP contribution in [0.3, 0.4) is 0 Å². The molecule has 3 heterocycles. The van der Waals surface area contributed by atoms with E-state index < -0.39 is 0 Å². The molecule has 3 saturated heterocycles. The second-order valence-electron chi connectivity index (χ2n) is 5.65. The fourth-order valence-electron chi connectivity index (χ4n) is 4.67. The smallest absolute Gasteiger partial charge is 1.00 e. The fourth-order valence-corrected chi connectivity index (χ4v) is 4.67. The van der Waals surface area contributed by atoms with Crippen molar-refractivity contribution in [2.45, 2.75) is 75.2 Å². The normalized spacial score (nSPS) is 41.1. The van der Waals surface area contributed by atoms with E-state index in [2.05, 4.69) is 0 Å². The maximum atomic E-state index is 1.58. The predicted octanol–water partition coefficient (Wildman–Crippen LogP) is 1.26. The molecule has 0 aromatic carbocycles. The summed E-state index contributed by atoms with van der Waals surface area (Å²) in [5.41, 5.74) is 0. The molecule has 0 nitrogen and oxygen atoms in total. The summed E-state index contributed by atoms with van der Waals surface area (Å²) in [4.78, 5) is 0. The van der Waals surface area contributed by atoms with Crippen molar-refractivity contribution in [1.29, 1.82) is 0 Å². The quantitative estimate of drug-likeness (QED) is 0.535. The second kappa shape index (κ2) is 5.36. The van der Waals surface area contributed by atoms with E-state index in [-0.39, 0.29) is 52.8 Å². The first-order valence-corrected chi connectivity index (χ1v) is 6.45. The minimum Gasteiger partial charge on any atom is -1.00 e. The maximum absolute atomic E-state index is 1.58. The Morgan fingerprint density at radius 2 is 0.929 bits per heavy atom. The summed E-state index contributed by atoms with van der Waals surface area (Å²) >= 11 is 0. The second-order valence-corrected chi connectivity index (χ2v) is 5.65. The van der Waals surface area contributed by atoms with Crippen LogP contribution < -0.4 is 51.4 Å². The first kappa shape index (κ1) is 12.2. The van der Waals surface area contributed by atoms with Gasteiger partial charge in [0.1, 0.15) is 6.71 Å². The molecule has 14 heavy (non-hydrogen) atoms. The Hall–Kier alpha value is 1.70. The summed E-state index contributed by atoms with van der Waals surface area (Å²) in [7, 11) is 0. The van der Waals surface area contributed by atoms with Gasteiger partial charge in [0.2, 0.25) is 0 Å². The van der Waals surface area contributed by atoms with E-state index in [1.165, 1.54) is 6.71 Å². The van der Waals surface area contributed by atoms with Crippen molar-refractivity contribution in [3.8, 4) is 0 Å². The van der Waals surface area contributed by atoms with Crippen LogP contribution in [0.5, 0.6) is 0 Å². The Labute approximate surface area is 133 Å². The minimum absolute atomic E-state index is 0. The Bertz CT molecular complexity index is 155. The number of hydrogen-bond acceptors (Lipinski definition) is 0. The topological polar surface area (TPSA) is 0 Å². The van der Waals surface area contributed by atoms with Crippen molar-refractivity contribution in [1.82, 2.24) is 0 Å². The maximum Gasteiger partial charge on any atom is 1.00 e. The van der Waals surface area contributed by atoms with Gasteiger partial charge in [0, 0.05) is 0 Å². The predicted molar refractivity (Wildman–Crippen MR) is 59.7 cm³/mol. The van der Waals surface area contributed by atoms with Crippen LogP contribution in [0.4, 0.5) is 0 Å². The summed E-state index contributed by atoms with van der Waals surface area (Å²) in [5, 5.41) is 0. The van der Waals surface area contributed by atoms with Gasteiger partial charge in [-0.25, -0.2) is 0 Å². The van der Waals surface area contributed by atoms with E-state index in [1.807, 2.05) is 0 Å². The van der Waals surface area contributed by atoms with Crippen LogP contribution in [0.15, 0.2) is 0 Å². The third-order valence-electron chi connectivity index (χ3n) is 5.08. The molecule has 3 rings (SSSR count). The van der Waals surface area contributed by atoms with Gasteiger partial charge in [-0.1, -0.05) is 75.2 Å². The molecule has 3 aliphatic rings. The average Bonchev–Trinajstić information content (AvgIpc) is 2.19. The van der Waals surface area contributed by atoms with Gasteiger partial charge in [-0.15, -0.1) is 0 Å². The molecule has 0 saturated carbocycles. The molecular formula is C12H22BK. The SMILES string of the molecule is C1CC2CCCC3CCCC(C1)B23.[H-].[K+]. The monoisotopic (exact) mass is 216 g/mol. The molecule has 0 unspecified atom stereocenters. The molecule has 0 aliphatic carbocycles. The van der Waals surface area contributed by atoms with Crippen LogP contribution in [0.1, 0.15) is 59.2 Å². The van der Waals surface area contributed by atoms with Crippen LogP contribution >= 0.6 is 0 Å². The molecule has 0 amide bonds. The van der Waals surface area contributed by atoms with Gasteiger partial charge in [-0.05, 0) is 0 Å². The third kappa shape index (κ3) is 2.20. The summed E-state index contributed by atoms with van der Waals surface area (Å²) in [6, 6.07) is 0. The van der Waals surface area contributed by atoms with Crippen molar-refractivity contribution < 1.29 is 52.8 Å². The Balaban J connectivity index is 0.000000562. The fraction of sp³-hybridized carbons (Fsp3) is 1.00. The molecule has 3 fully saturated rings. The average molecular weight is 216 g/mol. The molecule has 3 aliphatic heterocycles. The Kier molecular flexibility index (Phi) is 4.65. The molecule has 74 valence electrons. The molecule has 0 atom stereocenters. The van der Waals surface area contributed by atoms with Crippen LogP contribution in [0.25, 0.3) is 0 Å². The van der Waals surface area contributed by atoms with Gasteiger partial charge >= 0.3 is 51.4 Å². The van der Waals surface area contributed by atoms with E-state index in [1.54, 1.807) is 57.8 Å². The third-order valence-corrected chi connectivity index (χ3v) is 5.08. The molecule has 0 bridgehead atoms. The van der Waals surface area contributed by atoms with Crippen LogP contribution in [-0.4, -0.2) is 6.71 Å². The van der Waals surface area contributed by atoms with Gasteiger partial charge in [0.25, 0.3) is 0 Å². The molecule has 2 heteroatoms. The van der Waals surface area contributed by atoms with Crippen molar-refractivity contribution in [2.75, 3.05) is 0 Å². The summed E-state index contributed by atoms with van der Waals surface area (Å²) in [6.07, 6.45) is 14.1. The zero-order chi connectivity index (χ0) is 8.67. The van der Waals surface area contributed by atoms with Gasteiger partial charge in [0.15, 0.2) is 0 Å². The standard InChI is InChI=1S/C12H21B.K.H/c1-4-10-6-2-8-12-9-3-7-11(5-1)13(10)12;;/h10-12H,1-9H2;;/q;+1;-1. The van der Waals surface area contributed by atoms with Crippen LogP contribution in [-0.2, 0) is 0 Å². The molecule has 0 aromatic heterocycles. The molecule has 0 radical (unpaired) electrons. The minimum atomic E-state index is 0. The summed E-state index contributed by atoms with van der Waals surface area (Å²) in [6.45, 7) is 1.19. The van der Waals surface area contributed by atoms with Gasteiger partial charge < -0.3 is 1.43 Å². The first-order valence-electron chi connectivity index (χ1n) is 6.45. The van der Waals surface area contributed by atoms with Crippen molar-refractivity contribution in [3.05, 3.63) is 0 Å². The van der Waals surface area contributed by atoms with Crippen LogP contribution in [0.2, 0.25) is 17.5 Å².